The van der Waals surface area contributed by atoms with E-state index in [1.807, 2.05) is 36.4 Å². The van der Waals surface area contributed by atoms with Crippen molar-refractivity contribution in [2.75, 3.05) is 18.0 Å². The van der Waals surface area contributed by atoms with Gasteiger partial charge in [0.25, 0.3) is 0 Å². The third-order valence-corrected chi connectivity index (χ3v) is 8.10. The number of fused-ring (bicyclic) bond motifs is 1. The van der Waals surface area contributed by atoms with E-state index in [-0.39, 0.29) is 12.4 Å². The molecule has 0 unspecified atom stereocenters. The number of piperidine rings is 1. The second kappa shape index (κ2) is 9.58. The van der Waals surface area contributed by atoms with E-state index in [1.165, 1.54) is 5.56 Å². The number of sulfone groups is 1. The van der Waals surface area contributed by atoms with E-state index in [4.69, 9.17) is 0 Å². The third kappa shape index (κ3) is 4.44. The number of anilines is 1. The highest BCUT2D eigenvalue weighted by Crippen LogP contribution is 2.38. The number of rotatable bonds is 5. The number of pyridine rings is 1. The number of para-hydroxylation sites is 1. The van der Waals surface area contributed by atoms with Gasteiger partial charge in [0, 0.05) is 24.7 Å². The summed E-state index contributed by atoms with van der Waals surface area (Å²) in [5.41, 5.74) is 3.95. The van der Waals surface area contributed by atoms with Crippen LogP contribution in [0.3, 0.4) is 0 Å². The minimum absolute atomic E-state index is 0. The number of hydrogen-bond donors (Lipinski definition) is 0. The Hall–Kier alpha value is -2.11. The molecule has 166 valence electrons. The molecule has 0 atom stereocenters. The summed E-state index contributed by atoms with van der Waals surface area (Å²) in [7, 11) is -3.69. The third-order valence-electron chi connectivity index (χ3n) is 6.35. The van der Waals surface area contributed by atoms with Gasteiger partial charge in [-0.3, -0.25) is 4.98 Å². The van der Waals surface area contributed by atoms with Gasteiger partial charge >= 0.3 is 0 Å². The lowest BCUT2D eigenvalue weighted by molar-refractivity contribution is 0.437. The van der Waals surface area contributed by atoms with Crippen LogP contribution in [0.1, 0.15) is 44.7 Å². The topological polar surface area (TPSA) is 50.3 Å². The van der Waals surface area contributed by atoms with Crippen LogP contribution < -0.4 is 4.90 Å². The molecule has 1 saturated heterocycles. The molecule has 1 aromatic heterocycles. The fourth-order valence-electron chi connectivity index (χ4n) is 4.43. The van der Waals surface area contributed by atoms with Crippen LogP contribution in [-0.2, 0) is 22.7 Å². The zero-order valence-electron chi connectivity index (χ0n) is 18.5. The van der Waals surface area contributed by atoms with Crippen molar-refractivity contribution in [2.45, 2.75) is 56.2 Å². The van der Waals surface area contributed by atoms with E-state index >= 15 is 0 Å². The monoisotopic (exact) mass is 458 g/mol. The average Bonchev–Trinajstić information content (AvgIpc) is 2.78. The Bertz CT molecular complexity index is 1170. The van der Waals surface area contributed by atoms with Crippen LogP contribution in [0.4, 0.5) is 5.69 Å². The maximum absolute atomic E-state index is 13.8. The van der Waals surface area contributed by atoms with E-state index in [9.17, 15) is 8.42 Å². The van der Waals surface area contributed by atoms with Crippen molar-refractivity contribution in [3.8, 4) is 0 Å². The fourth-order valence-corrected chi connectivity index (χ4v) is 5.92. The number of aromatic nitrogens is 1. The minimum Gasteiger partial charge on any atom is -0.370 e. The van der Waals surface area contributed by atoms with Gasteiger partial charge in [0.15, 0.2) is 0 Å². The van der Waals surface area contributed by atoms with E-state index in [0.29, 0.717) is 15.7 Å². The molecule has 1 aliphatic heterocycles. The number of benzene rings is 2. The van der Waals surface area contributed by atoms with Gasteiger partial charge in [0.1, 0.15) is 4.90 Å². The Kier molecular flexibility index (Phi) is 7.28. The van der Waals surface area contributed by atoms with Crippen molar-refractivity contribution in [1.82, 2.24) is 4.98 Å². The summed E-state index contributed by atoms with van der Waals surface area (Å²) in [5, 5.41) is 0.911. The van der Waals surface area contributed by atoms with E-state index in [2.05, 4.69) is 30.7 Å². The van der Waals surface area contributed by atoms with Crippen LogP contribution in [0.15, 0.2) is 58.5 Å². The van der Waals surface area contributed by atoms with E-state index < -0.39 is 9.84 Å². The predicted octanol–water partition coefficient (Wildman–Crippen LogP) is 5.85. The SMILES string of the molecule is CCc1ccc(S(=O)(=O)c2cnc3ccccc3c2N2CCC(C)CC2)cc1CC.Cl. The van der Waals surface area contributed by atoms with Crippen LogP contribution in [0.5, 0.6) is 0 Å². The van der Waals surface area contributed by atoms with Crippen molar-refractivity contribution in [3.05, 3.63) is 59.8 Å². The maximum atomic E-state index is 13.8. The van der Waals surface area contributed by atoms with Crippen molar-refractivity contribution in [1.29, 1.82) is 0 Å². The predicted molar refractivity (Wildman–Crippen MR) is 130 cm³/mol. The molecule has 1 fully saturated rings. The Morgan fingerprint density at radius 3 is 2.35 bits per heavy atom. The second-order valence-corrected chi connectivity index (χ2v) is 10.2. The Morgan fingerprint density at radius 2 is 1.68 bits per heavy atom. The summed E-state index contributed by atoms with van der Waals surface area (Å²) in [6.45, 7) is 8.18. The summed E-state index contributed by atoms with van der Waals surface area (Å²) in [6, 6.07) is 13.4. The largest absolute Gasteiger partial charge is 0.370 e. The average molecular weight is 459 g/mol. The molecule has 3 aromatic rings. The minimum atomic E-state index is -3.69. The van der Waals surface area contributed by atoms with Gasteiger partial charge in [0.05, 0.1) is 16.1 Å². The zero-order chi connectivity index (χ0) is 21.3. The standard InChI is InChI=1S/C25H30N2O2S.ClH/c1-4-19-10-11-21(16-20(19)5-2)30(28,29)24-17-26-23-9-7-6-8-22(23)25(24)27-14-12-18(3)13-15-27;/h6-11,16-18H,4-5,12-15H2,1-3H3;1H. The van der Waals surface area contributed by atoms with Crippen molar-refractivity contribution in [3.63, 3.8) is 0 Å². The van der Waals surface area contributed by atoms with E-state index in [1.54, 1.807) is 12.3 Å². The lowest BCUT2D eigenvalue weighted by atomic mass is 9.98. The Labute approximate surface area is 192 Å². The molecule has 4 nitrogen and oxygen atoms in total. The molecule has 0 bridgehead atoms. The highest BCUT2D eigenvalue weighted by molar-refractivity contribution is 7.91. The highest BCUT2D eigenvalue weighted by Gasteiger charge is 2.28. The number of aryl methyl sites for hydroxylation is 2. The number of hydrogen-bond acceptors (Lipinski definition) is 4. The van der Waals surface area contributed by atoms with Gasteiger partial charge in [-0.15, -0.1) is 12.4 Å². The lowest BCUT2D eigenvalue weighted by Gasteiger charge is -2.34. The molecule has 0 spiro atoms. The molecule has 2 heterocycles. The first-order valence-corrected chi connectivity index (χ1v) is 12.4. The number of nitrogens with zero attached hydrogens (tertiary/aromatic N) is 2. The maximum Gasteiger partial charge on any atom is 0.210 e. The molecule has 0 N–H and O–H groups in total. The lowest BCUT2D eigenvalue weighted by Crippen LogP contribution is -2.34. The molecule has 6 heteroatoms. The summed E-state index contributed by atoms with van der Waals surface area (Å²) < 4.78 is 27.6. The summed E-state index contributed by atoms with van der Waals surface area (Å²) in [4.78, 5) is 7.44. The summed E-state index contributed by atoms with van der Waals surface area (Å²) in [5.74, 6) is 0.670. The Balaban J connectivity index is 0.00000272. The van der Waals surface area contributed by atoms with Crippen LogP contribution in [0.25, 0.3) is 10.9 Å². The fraction of sp³-hybridized carbons (Fsp3) is 0.400. The Morgan fingerprint density at radius 1 is 1.00 bits per heavy atom. The van der Waals surface area contributed by atoms with Crippen molar-refractivity contribution < 1.29 is 8.42 Å². The van der Waals surface area contributed by atoms with Crippen LogP contribution in [0, 0.1) is 5.92 Å². The molecule has 0 saturated carbocycles. The molecule has 31 heavy (non-hydrogen) atoms. The van der Waals surface area contributed by atoms with Crippen LogP contribution >= 0.6 is 12.4 Å². The first-order chi connectivity index (χ1) is 14.5. The van der Waals surface area contributed by atoms with E-state index in [0.717, 1.165) is 60.9 Å². The van der Waals surface area contributed by atoms with Gasteiger partial charge in [-0.1, -0.05) is 45.0 Å². The molecule has 2 aromatic carbocycles. The van der Waals surface area contributed by atoms with Gasteiger partial charge < -0.3 is 4.90 Å². The zero-order valence-corrected chi connectivity index (χ0v) is 20.1. The smallest absolute Gasteiger partial charge is 0.210 e. The first-order valence-electron chi connectivity index (χ1n) is 10.9. The molecule has 1 aliphatic rings. The quantitative estimate of drug-likeness (QED) is 0.481. The van der Waals surface area contributed by atoms with Crippen LogP contribution in [-0.4, -0.2) is 26.5 Å². The van der Waals surface area contributed by atoms with Crippen LogP contribution in [0.2, 0.25) is 0 Å². The van der Waals surface area contributed by atoms with Gasteiger partial charge in [-0.2, -0.15) is 0 Å². The van der Waals surface area contributed by atoms with Gasteiger partial charge in [-0.25, -0.2) is 8.42 Å². The first kappa shape index (κ1) is 23.6. The highest BCUT2D eigenvalue weighted by atomic mass is 35.5. The molecule has 0 aliphatic carbocycles. The van der Waals surface area contributed by atoms with Crippen molar-refractivity contribution in [2.24, 2.45) is 5.92 Å². The number of halogens is 1. The molecule has 0 radical (unpaired) electrons. The molecular weight excluding hydrogens is 428 g/mol. The van der Waals surface area contributed by atoms with Gasteiger partial charge in [0.2, 0.25) is 9.84 Å². The molecule has 0 amide bonds. The summed E-state index contributed by atoms with van der Waals surface area (Å²) in [6.07, 6.45) is 5.42. The summed E-state index contributed by atoms with van der Waals surface area (Å²) >= 11 is 0. The normalized spacial score (nSPS) is 15.1. The molecule has 4 rings (SSSR count). The second-order valence-electron chi connectivity index (χ2n) is 8.30. The van der Waals surface area contributed by atoms with Crippen molar-refractivity contribution >= 4 is 38.8 Å². The molecular formula is C25H31ClN2O2S. The van der Waals surface area contributed by atoms with Gasteiger partial charge in [-0.05, 0) is 60.9 Å².